The predicted molar refractivity (Wildman–Crippen MR) is 363 cm³/mol. The molecule has 0 radical (unpaired) electrons. The maximum atomic E-state index is 15.3. The SMILES string of the molecule is CC[C@H](C)[C@@H]1NC(=O)[C@H](CC(C)C)N(C)C(=O)C[C@@H](C(=O)N(C)C)N(C)C(=O)[C@H]([C@@H](C)CC)N(C)C(=O)C2(CCCC2)NC(=O)[C@H](C)N(C)C(=O)[C@H](CCc2ccc(C(F)(F)F)c(Cl)c2)NC(=O)CN(C)C(=O)[C@H](Cc2ccc(C)cc2)N(C)C(=O)[C@@H]2CCN2C(=O)[C@H](C)N(C)C1=O. The van der Waals surface area contributed by atoms with Gasteiger partial charge in [0.05, 0.1) is 23.6 Å². The predicted octanol–water partition coefficient (Wildman–Crippen LogP) is 4.93. The number of fused-ring (bicyclic) bond motifs is 1. The number of nitrogens with one attached hydrogen (secondary N) is 3. The first-order valence-corrected chi connectivity index (χ1v) is 34.2. The molecule has 0 unspecified atom stereocenters. The fourth-order valence-electron chi connectivity index (χ4n) is 12.9. The minimum atomic E-state index is -4.78. The van der Waals surface area contributed by atoms with E-state index in [-0.39, 0.29) is 63.0 Å². The fourth-order valence-corrected chi connectivity index (χ4v) is 13.2. The number of hydrogen-bond donors (Lipinski definition) is 3. The van der Waals surface area contributed by atoms with Crippen molar-refractivity contribution in [1.29, 1.82) is 0 Å². The molecule has 3 fully saturated rings. The summed E-state index contributed by atoms with van der Waals surface area (Å²) in [5.74, 6) is -9.81. The number of hydrogen-bond acceptors (Lipinski definition) is 12. The lowest BCUT2D eigenvalue weighted by molar-refractivity contribution is -0.160. The van der Waals surface area contributed by atoms with E-state index in [0.717, 1.165) is 32.4 Å². The molecule has 11 atom stereocenters. The summed E-state index contributed by atoms with van der Waals surface area (Å²) in [6.45, 7) is 15.0. The zero-order valence-corrected chi connectivity index (χ0v) is 61.1. The van der Waals surface area contributed by atoms with Crippen LogP contribution in [0.3, 0.4) is 0 Å². The molecule has 5 rings (SSSR count). The first kappa shape index (κ1) is 80.8. The number of aryl methyl sites for hydroxylation is 2. The van der Waals surface area contributed by atoms with Gasteiger partial charge in [-0.3, -0.25) is 57.5 Å². The van der Waals surface area contributed by atoms with Crippen molar-refractivity contribution in [2.75, 3.05) is 76.5 Å². The van der Waals surface area contributed by atoms with Crippen LogP contribution in [0.5, 0.6) is 0 Å². The van der Waals surface area contributed by atoms with Crippen molar-refractivity contribution in [2.45, 2.75) is 205 Å². The molecule has 2 aromatic rings. The standard InChI is InChI=1S/C70H104ClF3N12O12/c1-19-42(6)57-66(96)81(14)45(9)61(91)86-34-31-51(86)65(95)83(16)53(37-47-25-23-41(5)24-26-47)64(94)79(12)39-55(87)75-50(30-28-46-27-29-48(49(71)36-46)70(72,73)74)62(92)80(13)44(8)59(89)77-69(32-21-22-33-69)68(98)85(18)58(43(7)20-2)67(97)84(17)54(63(93)78(10)11)38-56(88)82(15)52(35-40(3)4)60(90)76-57/h23-27,29,36,40,42-45,50-54,57-58H,19-22,28,30-35,37-39H2,1-18H3,(H,75,87)(H,76,90)(H,77,89)/t42-,43-,44-,45-,50-,51-,52-,53-,54-,57-,58-/m0/s1. The van der Waals surface area contributed by atoms with Gasteiger partial charge < -0.3 is 60.0 Å². The molecule has 544 valence electrons. The molecule has 3 N–H and O–H groups in total. The van der Waals surface area contributed by atoms with Gasteiger partial charge in [0.15, 0.2) is 0 Å². The monoisotopic (exact) mass is 1400 g/mol. The molecule has 3 aliphatic rings. The second-order valence-electron chi connectivity index (χ2n) is 27.9. The Bertz CT molecular complexity index is 3260. The van der Waals surface area contributed by atoms with Gasteiger partial charge in [0.2, 0.25) is 70.9 Å². The number of halogens is 4. The quantitative estimate of drug-likeness (QED) is 0.255. The Morgan fingerprint density at radius 1 is 0.673 bits per heavy atom. The number of rotatable bonds is 12. The van der Waals surface area contributed by atoms with Crippen molar-refractivity contribution in [3.8, 4) is 0 Å². The van der Waals surface area contributed by atoms with Crippen LogP contribution in [0.25, 0.3) is 0 Å². The summed E-state index contributed by atoms with van der Waals surface area (Å²) >= 11 is 6.11. The van der Waals surface area contributed by atoms with Crippen molar-refractivity contribution in [2.24, 2.45) is 17.8 Å². The number of carbonyl (C=O) groups excluding carboxylic acids is 12. The van der Waals surface area contributed by atoms with Gasteiger partial charge in [-0.25, -0.2) is 0 Å². The van der Waals surface area contributed by atoms with E-state index in [1.807, 2.05) is 46.8 Å². The van der Waals surface area contributed by atoms with Gasteiger partial charge in [-0.15, -0.1) is 0 Å². The van der Waals surface area contributed by atoms with E-state index >= 15 is 9.59 Å². The largest absolute Gasteiger partial charge is 0.417 e. The maximum absolute atomic E-state index is 15.3. The molecule has 0 aromatic heterocycles. The molecule has 2 aliphatic heterocycles. The van der Waals surface area contributed by atoms with E-state index in [1.165, 1.54) is 113 Å². The summed E-state index contributed by atoms with van der Waals surface area (Å²) in [6.07, 6.45) is -3.64. The van der Waals surface area contributed by atoms with Crippen molar-refractivity contribution >= 4 is 82.5 Å². The summed E-state index contributed by atoms with van der Waals surface area (Å²) in [4.78, 5) is 188. The molecular formula is C70H104ClF3N12O12. The van der Waals surface area contributed by atoms with Crippen LogP contribution in [0.4, 0.5) is 13.2 Å². The average molecular weight is 1400 g/mol. The highest BCUT2D eigenvalue weighted by molar-refractivity contribution is 6.31. The highest BCUT2D eigenvalue weighted by Crippen LogP contribution is 2.37. The lowest BCUT2D eigenvalue weighted by Crippen LogP contribution is -2.65. The molecule has 24 nitrogen and oxygen atoms in total. The minimum Gasteiger partial charge on any atom is -0.347 e. The molecule has 2 saturated heterocycles. The Balaban J connectivity index is 1.64. The molecular weight excluding hydrogens is 1290 g/mol. The van der Waals surface area contributed by atoms with Crippen molar-refractivity contribution in [1.82, 2.24) is 60.0 Å². The number of alkyl halides is 3. The lowest BCUT2D eigenvalue weighted by atomic mass is 9.90. The van der Waals surface area contributed by atoms with Gasteiger partial charge in [0, 0.05) is 76.4 Å². The van der Waals surface area contributed by atoms with E-state index in [9.17, 15) is 61.1 Å². The van der Waals surface area contributed by atoms with Crippen LogP contribution in [-0.2, 0) is 76.6 Å². The van der Waals surface area contributed by atoms with Crippen LogP contribution in [0.2, 0.25) is 5.02 Å². The smallest absolute Gasteiger partial charge is 0.347 e. The molecule has 2 aromatic carbocycles. The lowest BCUT2D eigenvalue weighted by Gasteiger charge is -2.45. The van der Waals surface area contributed by atoms with Gasteiger partial charge >= 0.3 is 6.18 Å². The molecule has 0 bridgehead atoms. The highest BCUT2D eigenvalue weighted by atomic mass is 35.5. The van der Waals surface area contributed by atoms with E-state index < -0.39 is 172 Å². The molecule has 1 aliphatic carbocycles. The number of benzene rings is 2. The number of amides is 12. The number of likely N-dealkylation sites (N-methyl/N-ethyl adjacent to an activating group) is 8. The van der Waals surface area contributed by atoms with Crippen LogP contribution >= 0.6 is 11.6 Å². The molecule has 2 heterocycles. The van der Waals surface area contributed by atoms with E-state index in [1.54, 1.807) is 26.0 Å². The topological polar surface area (TPSA) is 270 Å². The summed E-state index contributed by atoms with van der Waals surface area (Å²) in [5, 5.41) is 7.89. The van der Waals surface area contributed by atoms with Crippen molar-refractivity contribution < 1.29 is 70.7 Å². The van der Waals surface area contributed by atoms with Crippen LogP contribution in [0.1, 0.15) is 142 Å². The van der Waals surface area contributed by atoms with Crippen LogP contribution in [-0.4, -0.2) is 251 Å². The first-order chi connectivity index (χ1) is 45.7. The second-order valence-corrected chi connectivity index (χ2v) is 28.3. The van der Waals surface area contributed by atoms with Crippen molar-refractivity contribution in [3.63, 3.8) is 0 Å². The first-order valence-electron chi connectivity index (χ1n) is 33.8. The van der Waals surface area contributed by atoms with Gasteiger partial charge in [0.1, 0.15) is 59.9 Å². The van der Waals surface area contributed by atoms with E-state index in [4.69, 9.17) is 11.6 Å². The second kappa shape index (κ2) is 34.3. The molecule has 28 heteroatoms. The summed E-state index contributed by atoms with van der Waals surface area (Å²) in [6, 6.07) is -1.38. The Labute approximate surface area is 580 Å². The fraction of sp³-hybridized carbons (Fsp3) is 0.657. The third-order valence-corrected chi connectivity index (χ3v) is 20.5. The van der Waals surface area contributed by atoms with Gasteiger partial charge in [-0.2, -0.15) is 13.2 Å². The molecule has 12 amide bonds. The maximum Gasteiger partial charge on any atom is 0.417 e. The third-order valence-electron chi connectivity index (χ3n) is 20.2. The Morgan fingerprint density at radius 2 is 1.26 bits per heavy atom. The molecule has 98 heavy (non-hydrogen) atoms. The summed E-state index contributed by atoms with van der Waals surface area (Å²) < 4.78 is 41.4. The minimum absolute atomic E-state index is 0.0540. The van der Waals surface area contributed by atoms with Crippen LogP contribution in [0.15, 0.2) is 42.5 Å². The zero-order valence-electron chi connectivity index (χ0n) is 60.3. The summed E-state index contributed by atoms with van der Waals surface area (Å²) in [7, 11) is 12.5. The van der Waals surface area contributed by atoms with Gasteiger partial charge in [-0.05, 0) is 100 Å². The van der Waals surface area contributed by atoms with Crippen LogP contribution in [0, 0.1) is 24.7 Å². The highest BCUT2D eigenvalue weighted by Gasteiger charge is 2.50. The Hall–Kier alpha value is -7.84. The molecule has 1 spiro atoms. The van der Waals surface area contributed by atoms with Crippen molar-refractivity contribution in [3.05, 3.63) is 69.7 Å². The van der Waals surface area contributed by atoms with Gasteiger partial charge in [0.25, 0.3) is 0 Å². The zero-order chi connectivity index (χ0) is 73.9. The normalized spacial score (nSPS) is 25.7. The Kier molecular flexibility index (Phi) is 28.3. The third kappa shape index (κ3) is 19.1. The van der Waals surface area contributed by atoms with E-state index in [0.29, 0.717) is 31.2 Å². The number of carbonyl (C=O) groups is 12. The van der Waals surface area contributed by atoms with E-state index in [2.05, 4.69) is 16.0 Å². The summed E-state index contributed by atoms with van der Waals surface area (Å²) in [5.41, 5.74) is -0.909. The Morgan fingerprint density at radius 3 is 1.79 bits per heavy atom. The molecule has 1 saturated carbocycles. The van der Waals surface area contributed by atoms with Crippen LogP contribution < -0.4 is 16.0 Å². The number of nitrogens with zero attached hydrogens (tertiary/aromatic N) is 9. The average Bonchev–Trinajstić information content (AvgIpc) is 1.17. The van der Waals surface area contributed by atoms with Gasteiger partial charge in [-0.1, -0.05) is 115 Å².